The van der Waals surface area contributed by atoms with Crippen LogP contribution in [0.5, 0.6) is 5.75 Å². The fourth-order valence-corrected chi connectivity index (χ4v) is 2.05. The number of carboxylic acids is 1. The second-order valence-corrected chi connectivity index (χ2v) is 5.26. The third-order valence-corrected chi connectivity index (χ3v) is 3.29. The van der Waals surface area contributed by atoms with Crippen LogP contribution in [0.1, 0.15) is 23.8 Å². The van der Waals surface area contributed by atoms with Gasteiger partial charge in [-0.1, -0.05) is 6.92 Å². The summed E-state index contributed by atoms with van der Waals surface area (Å²) < 4.78 is 6.69. The van der Waals surface area contributed by atoms with Crippen LogP contribution >= 0.6 is 0 Å². The third-order valence-electron chi connectivity index (χ3n) is 3.29. The molecule has 0 aliphatic rings. The summed E-state index contributed by atoms with van der Waals surface area (Å²) in [4.78, 5) is 22.6. The Morgan fingerprint density at radius 2 is 2.00 bits per heavy atom. The van der Waals surface area contributed by atoms with Gasteiger partial charge in [-0.05, 0) is 36.2 Å². The molecule has 1 amide bonds. The van der Waals surface area contributed by atoms with Crippen LogP contribution in [0.15, 0.2) is 36.5 Å². The number of carbonyl (C=O) groups is 2. The number of aliphatic carboxylic acids is 1. The van der Waals surface area contributed by atoms with Gasteiger partial charge in [0, 0.05) is 19.2 Å². The van der Waals surface area contributed by atoms with Crippen molar-refractivity contribution in [2.45, 2.75) is 13.3 Å². The van der Waals surface area contributed by atoms with Crippen LogP contribution in [-0.4, -0.2) is 40.4 Å². The number of ether oxygens (including phenoxy) is 1. The van der Waals surface area contributed by atoms with Crippen molar-refractivity contribution in [1.82, 2.24) is 15.1 Å². The Morgan fingerprint density at radius 3 is 2.61 bits per heavy atom. The Kier molecular flexibility index (Phi) is 5.35. The molecule has 1 heterocycles. The minimum Gasteiger partial charge on any atom is -0.497 e. The van der Waals surface area contributed by atoms with E-state index in [-0.39, 0.29) is 23.9 Å². The van der Waals surface area contributed by atoms with Crippen LogP contribution in [0, 0.1) is 5.92 Å². The van der Waals surface area contributed by atoms with Gasteiger partial charge < -0.3 is 15.2 Å². The minimum absolute atomic E-state index is 0.0145. The molecule has 0 spiro atoms. The molecule has 0 aliphatic carbocycles. The average molecular weight is 317 g/mol. The van der Waals surface area contributed by atoms with Gasteiger partial charge >= 0.3 is 5.97 Å². The zero-order valence-electron chi connectivity index (χ0n) is 13.0. The zero-order chi connectivity index (χ0) is 16.8. The largest absolute Gasteiger partial charge is 0.497 e. The number of rotatable bonds is 7. The molecule has 23 heavy (non-hydrogen) atoms. The van der Waals surface area contributed by atoms with E-state index in [1.54, 1.807) is 31.0 Å². The van der Waals surface area contributed by atoms with Gasteiger partial charge in [-0.25, -0.2) is 4.68 Å². The summed E-state index contributed by atoms with van der Waals surface area (Å²) in [6.45, 7) is 2.06. The first-order valence-corrected chi connectivity index (χ1v) is 7.19. The van der Waals surface area contributed by atoms with Crippen molar-refractivity contribution in [3.8, 4) is 11.4 Å². The second kappa shape index (κ2) is 7.44. The maximum atomic E-state index is 12.0. The number of amides is 1. The van der Waals surface area contributed by atoms with Crippen molar-refractivity contribution >= 4 is 11.9 Å². The second-order valence-electron chi connectivity index (χ2n) is 5.26. The quantitative estimate of drug-likeness (QED) is 0.811. The fraction of sp³-hybridized carbons (Fsp3) is 0.312. The predicted molar refractivity (Wildman–Crippen MR) is 83.9 cm³/mol. The van der Waals surface area contributed by atoms with Crippen molar-refractivity contribution < 1.29 is 19.4 Å². The molecule has 2 aromatic rings. The Bertz CT molecular complexity index is 679. The van der Waals surface area contributed by atoms with Crippen molar-refractivity contribution in [3.63, 3.8) is 0 Å². The monoisotopic (exact) mass is 317 g/mol. The highest BCUT2D eigenvalue weighted by molar-refractivity contribution is 5.92. The standard InChI is InChI=1S/C16H19N3O4/c1-11(9-15(20)21)10-17-16(22)14-7-8-19(18-14)12-3-5-13(23-2)6-4-12/h3-8,11H,9-10H2,1-2H3,(H,17,22)(H,20,21). The first-order chi connectivity index (χ1) is 11.0. The SMILES string of the molecule is COc1ccc(-n2ccc(C(=O)NCC(C)CC(=O)O)n2)cc1. The van der Waals surface area contributed by atoms with Gasteiger partial charge in [0.1, 0.15) is 5.75 Å². The van der Waals surface area contributed by atoms with Gasteiger partial charge in [-0.3, -0.25) is 9.59 Å². The maximum Gasteiger partial charge on any atom is 0.303 e. The van der Waals surface area contributed by atoms with Crippen LogP contribution in [0.3, 0.4) is 0 Å². The molecule has 2 N–H and O–H groups in total. The molecule has 7 heteroatoms. The lowest BCUT2D eigenvalue weighted by Crippen LogP contribution is -2.29. The molecule has 122 valence electrons. The number of nitrogens with one attached hydrogen (secondary N) is 1. The lowest BCUT2D eigenvalue weighted by atomic mass is 10.1. The number of hydrogen-bond donors (Lipinski definition) is 2. The van der Waals surface area contributed by atoms with Crippen LogP contribution in [0.25, 0.3) is 5.69 Å². The summed E-state index contributed by atoms with van der Waals surface area (Å²) in [7, 11) is 1.59. The molecular weight excluding hydrogens is 298 g/mol. The number of benzene rings is 1. The van der Waals surface area contributed by atoms with Gasteiger partial charge in [0.2, 0.25) is 0 Å². The van der Waals surface area contributed by atoms with Crippen LogP contribution in [0.2, 0.25) is 0 Å². The molecular formula is C16H19N3O4. The van der Waals surface area contributed by atoms with E-state index in [1.807, 2.05) is 24.3 Å². The molecule has 1 aromatic heterocycles. The van der Waals surface area contributed by atoms with E-state index in [2.05, 4.69) is 10.4 Å². The number of hydrogen-bond acceptors (Lipinski definition) is 4. The Labute approximate surface area is 133 Å². The van der Waals surface area contributed by atoms with Crippen LogP contribution < -0.4 is 10.1 Å². The van der Waals surface area contributed by atoms with Crippen LogP contribution in [-0.2, 0) is 4.79 Å². The lowest BCUT2D eigenvalue weighted by molar-refractivity contribution is -0.137. The molecule has 1 aromatic carbocycles. The summed E-state index contributed by atoms with van der Waals surface area (Å²) in [5, 5.41) is 15.6. The molecule has 1 atom stereocenters. The first kappa shape index (κ1) is 16.5. The fourth-order valence-electron chi connectivity index (χ4n) is 2.05. The zero-order valence-corrected chi connectivity index (χ0v) is 13.0. The molecule has 0 bridgehead atoms. The van der Waals surface area contributed by atoms with Crippen molar-refractivity contribution in [2.75, 3.05) is 13.7 Å². The molecule has 7 nitrogen and oxygen atoms in total. The smallest absolute Gasteiger partial charge is 0.303 e. The molecule has 0 radical (unpaired) electrons. The number of nitrogens with zero attached hydrogens (tertiary/aromatic N) is 2. The maximum absolute atomic E-state index is 12.0. The molecule has 0 saturated heterocycles. The van der Waals surface area contributed by atoms with Gasteiger partial charge in [0.05, 0.1) is 12.8 Å². The van der Waals surface area contributed by atoms with E-state index >= 15 is 0 Å². The van der Waals surface area contributed by atoms with E-state index in [4.69, 9.17) is 9.84 Å². The Morgan fingerprint density at radius 1 is 1.30 bits per heavy atom. The first-order valence-electron chi connectivity index (χ1n) is 7.19. The average Bonchev–Trinajstić information content (AvgIpc) is 3.02. The summed E-state index contributed by atoms with van der Waals surface area (Å²) in [6.07, 6.45) is 1.71. The number of carboxylic acid groups (broad SMARTS) is 1. The van der Waals surface area contributed by atoms with Gasteiger partial charge in [-0.2, -0.15) is 5.10 Å². The predicted octanol–water partition coefficient (Wildman–Crippen LogP) is 1.72. The van der Waals surface area contributed by atoms with Crippen molar-refractivity contribution in [2.24, 2.45) is 5.92 Å². The number of aromatic nitrogens is 2. The Balaban J connectivity index is 1.97. The number of methoxy groups -OCH3 is 1. The van der Waals surface area contributed by atoms with E-state index in [1.165, 1.54) is 0 Å². The van der Waals surface area contributed by atoms with Gasteiger partial charge in [0.15, 0.2) is 5.69 Å². The van der Waals surface area contributed by atoms with Crippen molar-refractivity contribution in [1.29, 1.82) is 0 Å². The van der Waals surface area contributed by atoms with E-state index in [0.717, 1.165) is 11.4 Å². The molecule has 0 aliphatic heterocycles. The highest BCUT2D eigenvalue weighted by Crippen LogP contribution is 2.14. The molecule has 1 unspecified atom stereocenters. The highest BCUT2D eigenvalue weighted by atomic mass is 16.5. The summed E-state index contributed by atoms with van der Waals surface area (Å²) >= 11 is 0. The Hall–Kier alpha value is -2.83. The third kappa shape index (κ3) is 4.57. The van der Waals surface area contributed by atoms with E-state index in [0.29, 0.717) is 6.54 Å². The van der Waals surface area contributed by atoms with E-state index < -0.39 is 5.97 Å². The topological polar surface area (TPSA) is 93.5 Å². The minimum atomic E-state index is -0.879. The van der Waals surface area contributed by atoms with Crippen LogP contribution in [0.4, 0.5) is 0 Å². The van der Waals surface area contributed by atoms with Crippen molar-refractivity contribution in [3.05, 3.63) is 42.2 Å². The number of carbonyl (C=O) groups excluding carboxylic acids is 1. The highest BCUT2D eigenvalue weighted by Gasteiger charge is 2.13. The summed E-state index contributed by atoms with van der Waals surface area (Å²) in [5.74, 6) is -0.601. The normalized spacial score (nSPS) is 11.7. The van der Waals surface area contributed by atoms with Gasteiger partial charge in [0.25, 0.3) is 5.91 Å². The molecule has 2 rings (SSSR count). The van der Waals surface area contributed by atoms with E-state index in [9.17, 15) is 9.59 Å². The molecule has 0 fully saturated rings. The summed E-state index contributed by atoms with van der Waals surface area (Å²) in [6, 6.07) is 8.90. The summed E-state index contributed by atoms with van der Waals surface area (Å²) in [5.41, 5.74) is 1.09. The molecule has 0 saturated carbocycles. The van der Waals surface area contributed by atoms with Gasteiger partial charge in [-0.15, -0.1) is 0 Å². The lowest BCUT2D eigenvalue weighted by Gasteiger charge is -2.09.